The zero-order valence-corrected chi connectivity index (χ0v) is 18.1. The normalized spacial score (nSPS) is 16.4. The summed E-state index contributed by atoms with van der Waals surface area (Å²) in [6.45, 7) is 2.32. The minimum absolute atomic E-state index is 0.0375. The fraction of sp³-hybridized carbons (Fsp3) is 0.231. The second-order valence-electron chi connectivity index (χ2n) is 8.07. The van der Waals surface area contributed by atoms with Crippen molar-refractivity contribution in [3.8, 4) is 11.8 Å². The maximum absolute atomic E-state index is 13.3. The summed E-state index contributed by atoms with van der Waals surface area (Å²) in [6, 6.07) is 17.4. The summed E-state index contributed by atoms with van der Waals surface area (Å²) < 4.78 is 11.6. The van der Waals surface area contributed by atoms with Crippen LogP contribution in [0.25, 0.3) is 10.8 Å². The summed E-state index contributed by atoms with van der Waals surface area (Å²) in [5, 5.41) is 2.32. The Labute approximate surface area is 192 Å². The number of fused-ring (bicyclic) bond motifs is 1. The molecule has 0 unspecified atom stereocenters. The van der Waals surface area contributed by atoms with Gasteiger partial charge in [-0.05, 0) is 47.7 Å². The molecule has 0 radical (unpaired) electrons. The average Bonchev–Trinajstić information content (AvgIpc) is 3.10. The van der Waals surface area contributed by atoms with Gasteiger partial charge in [-0.2, -0.15) is 0 Å². The molecule has 1 fully saturated rings. The molecule has 1 aliphatic heterocycles. The Kier molecular flexibility index (Phi) is 6.21. The van der Waals surface area contributed by atoms with Gasteiger partial charge in [0.05, 0.1) is 13.2 Å². The molecule has 0 saturated carbocycles. The van der Waals surface area contributed by atoms with E-state index in [9.17, 15) is 4.79 Å². The first kappa shape index (κ1) is 21.0. The fourth-order valence-electron chi connectivity index (χ4n) is 4.17. The highest BCUT2D eigenvalue weighted by atomic mass is 16.5. The summed E-state index contributed by atoms with van der Waals surface area (Å²) >= 11 is 0. The second-order valence-corrected chi connectivity index (χ2v) is 8.07. The first-order chi connectivity index (χ1) is 16.3. The fourth-order valence-corrected chi connectivity index (χ4v) is 4.17. The molecule has 1 amide bonds. The maximum Gasteiger partial charge on any atom is 0.321 e. The van der Waals surface area contributed by atoms with E-state index in [2.05, 4.69) is 33.2 Å². The lowest BCUT2D eigenvalue weighted by molar-refractivity contribution is 0.0737. The molecule has 2 aromatic carbocycles. The highest BCUT2D eigenvalue weighted by Crippen LogP contribution is 2.24. The molecule has 4 aromatic rings. The van der Waals surface area contributed by atoms with Crippen LogP contribution in [0.1, 0.15) is 15.9 Å². The number of ether oxygens (including phenoxy) is 2. The number of hydrogen-bond acceptors (Lipinski definition) is 6. The lowest BCUT2D eigenvalue weighted by atomic mass is 9.95. The topological polar surface area (TPSA) is 77.4 Å². The Morgan fingerprint density at radius 3 is 2.85 bits per heavy atom. The number of rotatable bonds is 5. The van der Waals surface area contributed by atoms with E-state index < -0.39 is 0 Å². The molecule has 5 rings (SSSR count). The van der Waals surface area contributed by atoms with Crippen LogP contribution in [0.3, 0.4) is 0 Å². The molecule has 33 heavy (non-hydrogen) atoms. The van der Waals surface area contributed by atoms with Crippen LogP contribution in [0, 0.1) is 5.92 Å². The monoisotopic (exact) mass is 440 g/mol. The van der Waals surface area contributed by atoms with E-state index in [4.69, 9.17) is 9.47 Å². The summed E-state index contributed by atoms with van der Waals surface area (Å²) in [5.41, 5.74) is 1.79. The highest BCUT2D eigenvalue weighted by Gasteiger charge is 2.24. The molecule has 0 bridgehead atoms. The number of hydrogen-bond donors (Lipinski definition) is 0. The van der Waals surface area contributed by atoms with Crippen molar-refractivity contribution in [1.29, 1.82) is 0 Å². The number of aromatic nitrogens is 3. The van der Waals surface area contributed by atoms with Crippen molar-refractivity contribution in [3.63, 3.8) is 0 Å². The van der Waals surface area contributed by atoms with E-state index in [0.29, 0.717) is 37.6 Å². The zero-order chi connectivity index (χ0) is 22.5. The third-order valence-electron chi connectivity index (χ3n) is 5.74. The van der Waals surface area contributed by atoms with Crippen molar-refractivity contribution in [2.24, 2.45) is 5.92 Å². The molecule has 7 heteroatoms. The number of amides is 1. The van der Waals surface area contributed by atoms with Crippen LogP contribution in [0.15, 0.2) is 79.4 Å². The molecule has 0 aliphatic carbocycles. The largest absolute Gasteiger partial charge is 0.424 e. The highest BCUT2D eigenvalue weighted by molar-refractivity contribution is 5.94. The van der Waals surface area contributed by atoms with Crippen molar-refractivity contribution in [2.45, 2.75) is 6.42 Å². The SMILES string of the molecule is O=C(c1cccc(Oc2ncccn2)c1)N1CCOC[C@H](Cc2cccc3ccncc23)C1. The molecule has 3 heterocycles. The predicted octanol–water partition coefficient (Wildman–Crippen LogP) is 4.15. The minimum Gasteiger partial charge on any atom is -0.424 e. The van der Waals surface area contributed by atoms with Gasteiger partial charge in [0.1, 0.15) is 5.75 Å². The van der Waals surface area contributed by atoms with Crippen LogP contribution >= 0.6 is 0 Å². The van der Waals surface area contributed by atoms with Crippen LogP contribution in [0.5, 0.6) is 11.8 Å². The van der Waals surface area contributed by atoms with Gasteiger partial charge in [-0.25, -0.2) is 9.97 Å². The molecule has 2 aromatic heterocycles. The molecule has 1 atom stereocenters. The molecule has 166 valence electrons. The van der Waals surface area contributed by atoms with Gasteiger partial charge in [-0.15, -0.1) is 0 Å². The van der Waals surface area contributed by atoms with Crippen LogP contribution < -0.4 is 4.74 Å². The summed E-state index contributed by atoms with van der Waals surface area (Å²) in [4.78, 5) is 27.6. The minimum atomic E-state index is -0.0375. The van der Waals surface area contributed by atoms with Gasteiger partial charge >= 0.3 is 6.01 Å². The summed E-state index contributed by atoms with van der Waals surface area (Å²) in [6.07, 6.45) is 7.76. The number of nitrogens with zero attached hydrogens (tertiary/aromatic N) is 4. The second kappa shape index (κ2) is 9.75. The van der Waals surface area contributed by atoms with Crippen molar-refractivity contribution >= 4 is 16.7 Å². The predicted molar refractivity (Wildman–Crippen MR) is 124 cm³/mol. The smallest absolute Gasteiger partial charge is 0.321 e. The quantitative estimate of drug-likeness (QED) is 0.464. The van der Waals surface area contributed by atoms with Crippen LogP contribution in [0.4, 0.5) is 0 Å². The van der Waals surface area contributed by atoms with Gasteiger partial charge < -0.3 is 14.4 Å². The van der Waals surface area contributed by atoms with Crippen LogP contribution in [0.2, 0.25) is 0 Å². The summed E-state index contributed by atoms with van der Waals surface area (Å²) in [5.74, 6) is 0.682. The van der Waals surface area contributed by atoms with Gasteiger partial charge in [0.2, 0.25) is 0 Å². The molecule has 1 saturated heterocycles. The molecular weight excluding hydrogens is 416 g/mol. The van der Waals surface area contributed by atoms with Gasteiger partial charge in [0.15, 0.2) is 0 Å². The van der Waals surface area contributed by atoms with E-state index in [0.717, 1.165) is 11.8 Å². The first-order valence-electron chi connectivity index (χ1n) is 11.0. The Balaban J connectivity index is 1.32. The van der Waals surface area contributed by atoms with Gasteiger partial charge in [0, 0.05) is 54.7 Å². The number of benzene rings is 2. The van der Waals surface area contributed by atoms with Crippen molar-refractivity contribution in [2.75, 3.05) is 26.3 Å². The Morgan fingerprint density at radius 1 is 1.06 bits per heavy atom. The van der Waals surface area contributed by atoms with Crippen molar-refractivity contribution in [3.05, 3.63) is 90.5 Å². The van der Waals surface area contributed by atoms with E-state index >= 15 is 0 Å². The van der Waals surface area contributed by atoms with Crippen LogP contribution in [-0.4, -0.2) is 52.1 Å². The Morgan fingerprint density at radius 2 is 1.94 bits per heavy atom. The molecule has 7 nitrogen and oxygen atoms in total. The van der Waals surface area contributed by atoms with E-state index in [1.807, 2.05) is 23.4 Å². The third-order valence-corrected chi connectivity index (χ3v) is 5.74. The average molecular weight is 441 g/mol. The van der Waals surface area contributed by atoms with Crippen molar-refractivity contribution < 1.29 is 14.3 Å². The van der Waals surface area contributed by atoms with Crippen molar-refractivity contribution in [1.82, 2.24) is 19.9 Å². The first-order valence-corrected chi connectivity index (χ1v) is 11.0. The van der Waals surface area contributed by atoms with Gasteiger partial charge in [0.25, 0.3) is 5.91 Å². The molecule has 0 spiro atoms. The maximum atomic E-state index is 13.3. The lowest BCUT2D eigenvalue weighted by Gasteiger charge is -2.24. The standard InChI is InChI=1S/C26H24N4O3/c31-25(22-6-2-7-23(15-22)33-26-28-9-3-10-29-26)30-12-13-32-18-19(17-30)14-21-5-1-4-20-8-11-27-16-24(20)21/h1-11,15-16,19H,12-14,17-18H2/t19-/m1/s1. The Bertz CT molecular complexity index is 1240. The lowest BCUT2D eigenvalue weighted by Crippen LogP contribution is -2.36. The number of carbonyl (C=O) groups is 1. The zero-order valence-electron chi connectivity index (χ0n) is 18.1. The van der Waals surface area contributed by atoms with Gasteiger partial charge in [-0.3, -0.25) is 9.78 Å². The molecular formula is C26H24N4O3. The van der Waals surface area contributed by atoms with Gasteiger partial charge in [-0.1, -0.05) is 24.3 Å². The number of carbonyl (C=O) groups excluding carboxylic acids is 1. The molecule has 1 aliphatic rings. The van der Waals surface area contributed by atoms with E-state index in [-0.39, 0.29) is 17.8 Å². The Hall–Kier alpha value is -3.84. The molecule has 0 N–H and O–H groups in total. The van der Waals surface area contributed by atoms with E-state index in [1.165, 1.54) is 10.9 Å². The van der Waals surface area contributed by atoms with Crippen LogP contribution in [-0.2, 0) is 11.2 Å². The third kappa shape index (κ3) is 4.99. The number of pyridine rings is 1. The summed E-state index contributed by atoms with van der Waals surface area (Å²) in [7, 11) is 0. The van der Waals surface area contributed by atoms with E-state index in [1.54, 1.807) is 42.7 Å².